The van der Waals surface area contributed by atoms with Gasteiger partial charge in [-0.1, -0.05) is 6.92 Å². The maximum Gasteiger partial charge on any atom is 0.123 e. The first-order chi connectivity index (χ1) is 8.81. The number of nitrogens with one attached hydrogen (secondary N) is 1. The van der Waals surface area contributed by atoms with Crippen LogP contribution in [0.1, 0.15) is 33.3 Å². The van der Waals surface area contributed by atoms with Crippen LogP contribution < -0.4 is 10.1 Å². The van der Waals surface area contributed by atoms with Crippen LogP contribution in [0.25, 0.3) is 0 Å². The molecule has 1 aromatic carbocycles. The molecule has 0 spiro atoms. The first-order valence-corrected chi connectivity index (χ1v) is 6.59. The van der Waals surface area contributed by atoms with Gasteiger partial charge >= 0.3 is 0 Å². The number of benzene rings is 1. The fourth-order valence-electron chi connectivity index (χ4n) is 1.47. The minimum atomic E-state index is -0.270. The number of hydrogen-bond donors (Lipinski definition) is 2. The number of hydrogen-bond acceptors (Lipinski definition) is 3. The second-order valence-corrected chi connectivity index (χ2v) is 5.95. The van der Waals surface area contributed by atoms with Gasteiger partial charge in [-0.3, -0.25) is 0 Å². The number of halogens is 1. The van der Waals surface area contributed by atoms with Gasteiger partial charge in [-0.15, -0.1) is 0 Å². The first-order valence-electron chi connectivity index (χ1n) is 6.59. The monoisotopic (exact) mass is 269 g/mol. The molecule has 1 aromatic rings. The van der Waals surface area contributed by atoms with E-state index < -0.39 is 0 Å². The molecule has 0 aliphatic carbocycles. The molecule has 0 aromatic heterocycles. The van der Waals surface area contributed by atoms with Gasteiger partial charge in [0.15, 0.2) is 0 Å². The van der Waals surface area contributed by atoms with Gasteiger partial charge in [0.2, 0.25) is 0 Å². The van der Waals surface area contributed by atoms with Crippen LogP contribution in [0.5, 0.6) is 5.75 Å². The summed E-state index contributed by atoms with van der Waals surface area (Å²) in [6.07, 6.45) is 0. The molecule has 0 fully saturated rings. The number of aliphatic hydroxyl groups excluding tert-OH is 1. The van der Waals surface area contributed by atoms with Gasteiger partial charge in [-0.05, 0) is 39.0 Å². The summed E-state index contributed by atoms with van der Waals surface area (Å²) in [5, 5.41) is 12.3. The summed E-state index contributed by atoms with van der Waals surface area (Å²) < 4.78 is 19.0. The van der Waals surface area contributed by atoms with E-state index in [0.29, 0.717) is 18.9 Å². The summed E-state index contributed by atoms with van der Waals surface area (Å²) >= 11 is 0. The second-order valence-electron chi connectivity index (χ2n) is 5.95. The zero-order chi connectivity index (χ0) is 14.5. The van der Waals surface area contributed by atoms with Crippen LogP contribution in [0.3, 0.4) is 0 Å². The Morgan fingerprint density at radius 1 is 1.37 bits per heavy atom. The molecule has 2 N–H and O–H groups in total. The fourth-order valence-corrected chi connectivity index (χ4v) is 1.47. The predicted octanol–water partition coefficient (Wildman–Crippen LogP) is 2.72. The zero-order valence-corrected chi connectivity index (χ0v) is 12.2. The quantitative estimate of drug-likeness (QED) is 0.834. The van der Waals surface area contributed by atoms with Crippen molar-refractivity contribution in [3.05, 3.63) is 29.6 Å². The Hall–Kier alpha value is -1.13. The molecule has 0 aliphatic heterocycles. The number of ether oxygens (including phenoxy) is 1. The second kappa shape index (κ2) is 6.87. The largest absolute Gasteiger partial charge is 0.493 e. The normalized spacial score (nSPS) is 13.4. The number of aliphatic hydroxyl groups is 1. The molecule has 0 saturated carbocycles. The third-order valence-corrected chi connectivity index (χ3v) is 2.67. The molecule has 19 heavy (non-hydrogen) atoms. The minimum absolute atomic E-state index is 0.0397. The van der Waals surface area contributed by atoms with Crippen molar-refractivity contribution in [3.63, 3.8) is 0 Å². The Labute approximate surface area is 114 Å². The van der Waals surface area contributed by atoms with Gasteiger partial charge in [-0.2, -0.15) is 0 Å². The molecule has 1 atom stereocenters. The first kappa shape index (κ1) is 15.9. The molecule has 0 aliphatic rings. The van der Waals surface area contributed by atoms with Gasteiger partial charge < -0.3 is 15.2 Å². The van der Waals surface area contributed by atoms with Crippen LogP contribution >= 0.6 is 0 Å². The van der Waals surface area contributed by atoms with Crippen LogP contribution in [0, 0.1) is 11.7 Å². The van der Waals surface area contributed by atoms with Gasteiger partial charge in [0, 0.05) is 30.2 Å². The zero-order valence-electron chi connectivity index (χ0n) is 12.2. The highest BCUT2D eigenvalue weighted by molar-refractivity contribution is 5.34. The number of rotatable bonds is 6. The van der Waals surface area contributed by atoms with E-state index in [9.17, 15) is 4.39 Å². The molecular formula is C15H24FNO2. The lowest BCUT2D eigenvalue weighted by Gasteiger charge is -2.22. The van der Waals surface area contributed by atoms with E-state index in [-0.39, 0.29) is 23.9 Å². The highest BCUT2D eigenvalue weighted by Gasteiger charge is 2.12. The summed E-state index contributed by atoms with van der Waals surface area (Å²) in [6, 6.07) is 4.51. The Kier molecular flexibility index (Phi) is 5.76. The van der Waals surface area contributed by atoms with Crippen molar-refractivity contribution in [2.75, 3.05) is 13.2 Å². The molecule has 0 heterocycles. The van der Waals surface area contributed by atoms with E-state index in [1.165, 1.54) is 12.1 Å². The van der Waals surface area contributed by atoms with Crippen LogP contribution in [0.15, 0.2) is 18.2 Å². The lowest BCUT2D eigenvalue weighted by Crippen LogP contribution is -2.35. The van der Waals surface area contributed by atoms with Crippen molar-refractivity contribution >= 4 is 0 Å². The van der Waals surface area contributed by atoms with Crippen molar-refractivity contribution < 1.29 is 14.2 Å². The molecule has 0 amide bonds. The third kappa shape index (κ3) is 6.03. The summed E-state index contributed by atoms with van der Waals surface area (Å²) in [5.41, 5.74) is 0.752. The average Bonchev–Trinajstić information content (AvgIpc) is 2.33. The lowest BCUT2D eigenvalue weighted by atomic mass is 10.1. The maximum absolute atomic E-state index is 13.3. The SMILES string of the molecule is CC(CO)COc1ccc(F)cc1CNC(C)(C)C. The Balaban J connectivity index is 2.74. The maximum atomic E-state index is 13.3. The van der Waals surface area contributed by atoms with Crippen molar-refractivity contribution in [3.8, 4) is 5.75 Å². The molecule has 0 radical (unpaired) electrons. The van der Waals surface area contributed by atoms with Gasteiger partial charge in [-0.25, -0.2) is 4.39 Å². The molecule has 4 heteroatoms. The van der Waals surface area contributed by atoms with Crippen LogP contribution in [0.2, 0.25) is 0 Å². The molecule has 1 unspecified atom stereocenters. The minimum Gasteiger partial charge on any atom is -0.493 e. The van der Waals surface area contributed by atoms with E-state index in [4.69, 9.17) is 9.84 Å². The van der Waals surface area contributed by atoms with Gasteiger partial charge in [0.25, 0.3) is 0 Å². The molecule has 0 bridgehead atoms. The topological polar surface area (TPSA) is 41.5 Å². The molecular weight excluding hydrogens is 245 g/mol. The van der Waals surface area contributed by atoms with Crippen LogP contribution in [0.4, 0.5) is 4.39 Å². The van der Waals surface area contributed by atoms with Crippen molar-refractivity contribution in [2.45, 2.75) is 39.8 Å². The van der Waals surface area contributed by atoms with Gasteiger partial charge in [0.1, 0.15) is 11.6 Å². The van der Waals surface area contributed by atoms with Gasteiger partial charge in [0.05, 0.1) is 6.61 Å². The highest BCUT2D eigenvalue weighted by atomic mass is 19.1. The van der Waals surface area contributed by atoms with Crippen LogP contribution in [-0.4, -0.2) is 23.9 Å². The third-order valence-electron chi connectivity index (χ3n) is 2.67. The van der Waals surface area contributed by atoms with E-state index in [2.05, 4.69) is 26.1 Å². The van der Waals surface area contributed by atoms with E-state index in [1.807, 2.05) is 6.92 Å². The molecule has 0 saturated heterocycles. The summed E-state index contributed by atoms with van der Waals surface area (Å²) in [7, 11) is 0. The average molecular weight is 269 g/mol. The summed E-state index contributed by atoms with van der Waals surface area (Å²) in [6.45, 7) is 9.12. The van der Waals surface area contributed by atoms with Crippen molar-refractivity contribution in [2.24, 2.45) is 5.92 Å². The van der Waals surface area contributed by atoms with Crippen molar-refractivity contribution in [1.29, 1.82) is 0 Å². The summed E-state index contributed by atoms with van der Waals surface area (Å²) in [4.78, 5) is 0. The molecule has 1 rings (SSSR count). The molecule has 3 nitrogen and oxygen atoms in total. The summed E-state index contributed by atoms with van der Waals surface area (Å²) in [5.74, 6) is 0.459. The standard InChI is InChI=1S/C15H24FNO2/c1-11(9-18)10-19-14-6-5-13(16)7-12(14)8-17-15(2,3)4/h5-7,11,17-18H,8-10H2,1-4H3. The predicted molar refractivity (Wildman–Crippen MR) is 74.7 cm³/mol. The Morgan fingerprint density at radius 2 is 2.05 bits per heavy atom. The van der Waals surface area contributed by atoms with E-state index in [1.54, 1.807) is 6.07 Å². The fraction of sp³-hybridized carbons (Fsp3) is 0.600. The smallest absolute Gasteiger partial charge is 0.123 e. The Bertz CT molecular complexity index is 402. The molecule has 108 valence electrons. The van der Waals surface area contributed by atoms with Crippen molar-refractivity contribution in [1.82, 2.24) is 5.32 Å². The lowest BCUT2D eigenvalue weighted by molar-refractivity contribution is 0.173. The Morgan fingerprint density at radius 3 is 2.63 bits per heavy atom. The van der Waals surface area contributed by atoms with E-state index in [0.717, 1.165) is 5.56 Å². The highest BCUT2D eigenvalue weighted by Crippen LogP contribution is 2.21. The van der Waals surface area contributed by atoms with Crippen LogP contribution in [-0.2, 0) is 6.54 Å². The van der Waals surface area contributed by atoms with E-state index >= 15 is 0 Å².